The van der Waals surface area contributed by atoms with Crippen molar-refractivity contribution in [1.82, 2.24) is 0 Å². The highest BCUT2D eigenvalue weighted by molar-refractivity contribution is 6.30. The minimum absolute atomic E-state index is 0.0889. The van der Waals surface area contributed by atoms with Crippen molar-refractivity contribution in [3.8, 4) is 0 Å². The fourth-order valence-electron chi connectivity index (χ4n) is 1.63. The number of halogens is 4. The molecule has 0 saturated carbocycles. The highest BCUT2D eigenvalue weighted by Gasteiger charge is 2.31. The van der Waals surface area contributed by atoms with E-state index >= 15 is 0 Å². The summed E-state index contributed by atoms with van der Waals surface area (Å²) in [4.78, 5) is 0. The second kappa shape index (κ2) is 5.63. The molecule has 5 heteroatoms. The number of alkyl halides is 3. The number of benzene rings is 1. The van der Waals surface area contributed by atoms with Gasteiger partial charge in [-0.15, -0.1) is 0 Å². The quantitative estimate of drug-likeness (QED) is 0.811. The fourth-order valence-corrected chi connectivity index (χ4v) is 1.86. The van der Waals surface area contributed by atoms with E-state index in [4.69, 9.17) is 11.6 Å². The summed E-state index contributed by atoms with van der Waals surface area (Å²) < 4.78 is 37.6. The highest BCUT2D eigenvalue weighted by Crippen LogP contribution is 2.33. The normalized spacial score (nSPS) is 13.5. The van der Waals surface area contributed by atoms with Gasteiger partial charge in [-0.3, -0.25) is 0 Å². The first-order valence-electron chi connectivity index (χ1n) is 5.47. The van der Waals surface area contributed by atoms with Gasteiger partial charge in [0.05, 0.1) is 5.56 Å². The number of hydrogen-bond donors (Lipinski definition) is 1. The van der Waals surface area contributed by atoms with Gasteiger partial charge in [0.1, 0.15) is 0 Å². The van der Waals surface area contributed by atoms with Crippen LogP contribution in [-0.2, 0) is 6.18 Å². The third-order valence-electron chi connectivity index (χ3n) is 2.36. The summed E-state index contributed by atoms with van der Waals surface area (Å²) in [5, 5.41) is 3.10. The van der Waals surface area contributed by atoms with E-state index in [2.05, 4.69) is 5.32 Å². The smallest absolute Gasteiger partial charge is 0.383 e. The van der Waals surface area contributed by atoms with Crippen LogP contribution in [0.2, 0.25) is 5.02 Å². The van der Waals surface area contributed by atoms with Gasteiger partial charge < -0.3 is 5.32 Å². The average Bonchev–Trinajstić information content (AvgIpc) is 2.15. The molecular formula is C12H15ClF3N. The number of rotatable bonds is 4. The monoisotopic (exact) mass is 265 g/mol. The molecule has 1 atom stereocenters. The Balaban J connectivity index is 2.90. The SMILES string of the molecule is CCCC(C)Nc1cc(Cl)cc(C(F)(F)F)c1. The highest BCUT2D eigenvalue weighted by atomic mass is 35.5. The van der Waals surface area contributed by atoms with Gasteiger partial charge in [-0.2, -0.15) is 13.2 Å². The zero-order valence-electron chi connectivity index (χ0n) is 9.74. The van der Waals surface area contributed by atoms with E-state index in [1.807, 2.05) is 13.8 Å². The van der Waals surface area contributed by atoms with Crippen LogP contribution in [0.3, 0.4) is 0 Å². The number of anilines is 1. The molecule has 1 N–H and O–H groups in total. The zero-order chi connectivity index (χ0) is 13.1. The van der Waals surface area contributed by atoms with Gasteiger partial charge in [0.2, 0.25) is 0 Å². The summed E-state index contributed by atoms with van der Waals surface area (Å²) in [5.74, 6) is 0. The lowest BCUT2D eigenvalue weighted by Crippen LogP contribution is -2.15. The lowest BCUT2D eigenvalue weighted by molar-refractivity contribution is -0.137. The number of nitrogens with one attached hydrogen (secondary N) is 1. The minimum atomic E-state index is -4.37. The average molecular weight is 266 g/mol. The predicted octanol–water partition coefficient (Wildman–Crippen LogP) is 4.96. The van der Waals surface area contributed by atoms with Crippen LogP contribution in [-0.4, -0.2) is 6.04 Å². The molecule has 0 amide bonds. The lowest BCUT2D eigenvalue weighted by atomic mass is 10.1. The van der Waals surface area contributed by atoms with E-state index < -0.39 is 11.7 Å². The molecule has 0 saturated heterocycles. The van der Waals surface area contributed by atoms with Crippen LogP contribution >= 0.6 is 11.6 Å². The van der Waals surface area contributed by atoms with Crippen molar-refractivity contribution < 1.29 is 13.2 Å². The van der Waals surface area contributed by atoms with Gasteiger partial charge in [0.15, 0.2) is 0 Å². The van der Waals surface area contributed by atoms with Crippen LogP contribution in [0.4, 0.5) is 18.9 Å². The van der Waals surface area contributed by atoms with Crippen molar-refractivity contribution in [2.24, 2.45) is 0 Å². The Morgan fingerprint density at radius 3 is 2.47 bits per heavy atom. The first kappa shape index (κ1) is 14.2. The molecule has 0 bridgehead atoms. The van der Waals surface area contributed by atoms with Crippen LogP contribution in [0.25, 0.3) is 0 Å². The summed E-state index contributed by atoms with van der Waals surface area (Å²) in [6.45, 7) is 3.95. The van der Waals surface area contributed by atoms with E-state index in [1.54, 1.807) is 0 Å². The van der Waals surface area contributed by atoms with Gasteiger partial charge in [0.25, 0.3) is 0 Å². The van der Waals surface area contributed by atoms with Gasteiger partial charge in [0, 0.05) is 16.8 Å². The van der Waals surface area contributed by atoms with E-state index in [9.17, 15) is 13.2 Å². The van der Waals surface area contributed by atoms with Gasteiger partial charge in [-0.25, -0.2) is 0 Å². The number of hydrogen-bond acceptors (Lipinski definition) is 1. The molecule has 0 aliphatic carbocycles. The Hall–Kier alpha value is -0.900. The van der Waals surface area contributed by atoms with Crippen molar-refractivity contribution in [3.63, 3.8) is 0 Å². The van der Waals surface area contributed by atoms with Crippen LogP contribution < -0.4 is 5.32 Å². The summed E-state index contributed by atoms with van der Waals surface area (Å²) in [5.41, 5.74) is -0.318. The van der Waals surface area contributed by atoms with E-state index in [-0.39, 0.29) is 11.1 Å². The molecule has 0 aromatic heterocycles. The van der Waals surface area contributed by atoms with E-state index in [1.165, 1.54) is 6.07 Å². The Morgan fingerprint density at radius 1 is 1.29 bits per heavy atom. The second-order valence-corrected chi connectivity index (χ2v) is 4.50. The van der Waals surface area contributed by atoms with E-state index in [0.29, 0.717) is 5.69 Å². The molecule has 1 nitrogen and oxygen atoms in total. The molecule has 1 unspecified atom stereocenters. The molecule has 0 radical (unpaired) electrons. The summed E-state index contributed by atoms with van der Waals surface area (Å²) in [6, 6.07) is 3.64. The van der Waals surface area contributed by atoms with Gasteiger partial charge in [-0.1, -0.05) is 24.9 Å². The maximum atomic E-state index is 12.5. The first-order valence-corrected chi connectivity index (χ1v) is 5.85. The predicted molar refractivity (Wildman–Crippen MR) is 64.4 cm³/mol. The first-order chi connectivity index (χ1) is 7.82. The van der Waals surface area contributed by atoms with Crippen LogP contribution in [0.15, 0.2) is 18.2 Å². The minimum Gasteiger partial charge on any atom is -0.383 e. The molecule has 1 rings (SSSR count). The molecule has 0 heterocycles. The Kier molecular flexibility index (Phi) is 4.69. The second-order valence-electron chi connectivity index (χ2n) is 4.06. The van der Waals surface area contributed by atoms with Crippen LogP contribution in [0, 0.1) is 0 Å². The topological polar surface area (TPSA) is 12.0 Å². The molecule has 0 aliphatic heterocycles. The van der Waals surface area contributed by atoms with Crippen molar-refractivity contribution in [2.45, 2.75) is 38.9 Å². The maximum absolute atomic E-state index is 12.5. The summed E-state index contributed by atoms with van der Waals surface area (Å²) in [7, 11) is 0. The zero-order valence-corrected chi connectivity index (χ0v) is 10.5. The maximum Gasteiger partial charge on any atom is 0.416 e. The fraction of sp³-hybridized carbons (Fsp3) is 0.500. The Morgan fingerprint density at radius 2 is 1.94 bits per heavy atom. The van der Waals surface area contributed by atoms with Crippen LogP contribution in [0.5, 0.6) is 0 Å². The molecular weight excluding hydrogens is 251 g/mol. The molecule has 1 aromatic rings. The summed E-state index contributed by atoms with van der Waals surface area (Å²) in [6.07, 6.45) is -2.50. The van der Waals surface area contributed by atoms with Gasteiger partial charge >= 0.3 is 6.18 Å². The van der Waals surface area contributed by atoms with Crippen LogP contribution in [0.1, 0.15) is 32.3 Å². The molecule has 17 heavy (non-hydrogen) atoms. The van der Waals surface area contributed by atoms with E-state index in [0.717, 1.165) is 25.0 Å². The Bertz CT molecular complexity index is 377. The van der Waals surface area contributed by atoms with Crippen molar-refractivity contribution in [1.29, 1.82) is 0 Å². The van der Waals surface area contributed by atoms with Crippen molar-refractivity contribution in [3.05, 3.63) is 28.8 Å². The van der Waals surface area contributed by atoms with Crippen molar-refractivity contribution >= 4 is 17.3 Å². The summed E-state index contributed by atoms with van der Waals surface area (Å²) >= 11 is 5.68. The third-order valence-corrected chi connectivity index (χ3v) is 2.58. The molecule has 0 spiro atoms. The molecule has 0 aliphatic rings. The lowest BCUT2D eigenvalue weighted by Gasteiger charge is -2.16. The largest absolute Gasteiger partial charge is 0.416 e. The van der Waals surface area contributed by atoms with Gasteiger partial charge in [-0.05, 0) is 31.5 Å². The molecule has 0 fully saturated rings. The Labute approximate surface area is 104 Å². The standard InChI is InChI=1S/C12H15ClF3N/c1-3-4-8(2)17-11-6-9(12(14,15)16)5-10(13)7-11/h5-8,17H,3-4H2,1-2H3. The molecule has 96 valence electrons. The third kappa shape index (κ3) is 4.46. The molecule has 1 aromatic carbocycles. The van der Waals surface area contributed by atoms with Crippen molar-refractivity contribution in [2.75, 3.05) is 5.32 Å².